The predicted molar refractivity (Wildman–Crippen MR) is 198 cm³/mol. The van der Waals surface area contributed by atoms with Gasteiger partial charge in [0.05, 0.1) is 18.4 Å². The molecule has 4 aromatic carbocycles. The molecule has 53 heavy (non-hydrogen) atoms. The van der Waals surface area contributed by atoms with E-state index in [1.165, 1.54) is 6.33 Å². The molecule has 1 saturated carbocycles. The highest BCUT2D eigenvalue weighted by Gasteiger charge is 2.50. The summed E-state index contributed by atoms with van der Waals surface area (Å²) in [6.45, 7) is 0.217. The number of amides is 2. The Balaban J connectivity index is 1.14. The smallest absolute Gasteiger partial charge is 0.419 e. The summed E-state index contributed by atoms with van der Waals surface area (Å²) in [7, 11) is 0. The van der Waals surface area contributed by atoms with Gasteiger partial charge in [-0.15, -0.1) is 0 Å². The minimum absolute atomic E-state index is 0.0230. The van der Waals surface area contributed by atoms with E-state index in [-0.39, 0.29) is 30.8 Å². The highest BCUT2D eigenvalue weighted by atomic mass is 35.5. The first-order valence-corrected chi connectivity index (χ1v) is 17.6. The predicted octanol–water partition coefficient (Wildman–Crippen LogP) is 6.73. The van der Waals surface area contributed by atoms with Gasteiger partial charge in [-0.3, -0.25) is 0 Å². The Morgan fingerprint density at radius 1 is 0.774 bits per heavy atom. The molecular weight excluding hydrogens is 696 g/mol. The standard InChI is InChI=1S/C40H37ClN6O6/c41-38-44-36(42-22-30(28-17-9-3-10-18-28)29-19-11-4-12-20-29)33-37(45-38)46(25-43-33)31-21-32(35(49)34(31)48)47(39(50)52-23-26-13-5-1-6-14-26)40(51)53-24-27-15-7-2-8-16-27/h1-20,25,30-32,34-35,48-49H,21-24H2,(H,42,44,45)/t31-,32+,34-,35+/m1/s1. The lowest BCUT2D eigenvalue weighted by Gasteiger charge is -2.28. The molecule has 1 fully saturated rings. The van der Waals surface area contributed by atoms with Crippen LogP contribution in [0.2, 0.25) is 5.28 Å². The largest absolute Gasteiger partial charge is 0.444 e. The fraction of sp³-hybridized carbons (Fsp3) is 0.225. The molecule has 12 nitrogen and oxygen atoms in total. The Labute approximate surface area is 310 Å². The Kier molecular flexibility index (Phi) is 10.9. The average Bonchev–Trinajstić information content (AvgIpc) is 3.74. The van der Waals surface area contributed by atoms with Gasteiger partial charge in [0.15, 0.2) is 17.0 Å². The summed E-state index contributed by atoms with van der Waals surface area (Å²) in [4.78, 5) is 41.4. The molecule has 4 atom stereocenters. The van der Waals surface area contributed by atoms with Crippen LogP contribution >= 0.6 is 11.6 Å². The number of aliphatic hydroxyl groups excluding tert-OH is 2. The second-order valence-electron chi connectivity index (χ2n) is 12.7. The third-order valence-electron chi connectivity index (χ3n) is 9.39. The van der Waals surface area contributed by atoms with Crippen molar-refractivity contribution in [3.05, 3.63) is 155 Å². The van der Waals surface area contributed by atoms with E-state index < -0.39 is 36.5 Å². The minimum Gasteiger partial charge on any atom is -0.444 e. The topological polar surface area (TPSA) is 152 Å². The van der Waals surface area contributed by atoms with Gasteiger partial charge in [-0.2, -0.15) is 9.97 Å². The number of carbonyl (C=O) groups is 2. The van der Waals surface area contributed by atoms with Crippen LogP contribution in [0.5, 0.6) is 0 Å². The van der Waals surface area contributed by atoms with Crippen molar-refractivity contribution in [2.45, 2.75) is 49.8 Å². The van der Waals surface area contributed by atoms with Crippen molar-refractivity contribution in [2.24, 2.45) is 0 Å². The van der Waals surface area contributed by atoms with Gasteiger partial charge in [0.2, 0.25) is 5.28 Å². The van der Waals surface area contributed by atoms with E-state index in [1.807, 2.05) is 48.5 Å². The van der Waals surface area contributed by atoms with E-state index in [4.69, 9.17) is 21.1 Å². The molecule has 0 saturated heterocycles. The SMILES string of the molecule is O=C(OCc1ccccc1)N(C(=O)OCc1ccccc1)[C@H]1C[C@@H](n2cnc3c(NCC(c4ccccc4)c4ccccc4)nc(Cl)nc32)[C@@H](O)[C@H]1O. The molecule has 13 heteroatoms. The molecule has 2 heterocycles. The van der Waals surface area contributed by atoms with E-state index >= 15 is 0 Å². The lowest BCUT2D eigenvalue weighted by molar-refractivity contribution is -0.0120. The van der Waals surface area contributed by atoms with E-state index in [1.54, 1.807) is 53.1 Å². The molecule has 2 amide bonds. The number of imide groups is 1. The number of rotatable bonds is 11. The molecule has 6 aromatic rings. The number of benzene rings is 4. The second kappa shape index (κ2) is 16.2. The van der Waals surface area contributed by atoms with Crippen molar-refractivity contribution in [2.75, 3.05) is 11.9 Å². The van der Waals surface area contributed by atoms with Gasteiger partial charge in [0, 0.05) is 12.5 Å². The summed E-state index contributed by atoms with van der Waals surface area (Å²) < 4.78 is 12.6. The Bertz CT molecular complexity index is 2050. The lowest BCUT2D eigenvalue weighted by Crippen LogP contribution is -2.50. The number of nitrogens with one attached hydrogen (secondary N) is 1. The number of carbonyl (C=O) groups excluding carboxylic acids is 2. The van der Waals surface area contributed by atoms with Gasteiger partial charge < -0.3 is 29.6 Å². The summed E-state index contributed by atoms with van der Waals surface area (Å²) in [6, 6.07) is 36.1. The van der Waals surface area contributed by atoms with Crippen LogP contribution in [0.25, 0.3) is 11.2 Å². The van der Waals surface area contributed by atoms with Crippen molar-refractivity contribution in [1.82, 2.24) is 24.4 Å². The third-order valence-corrected chi connectivity index (χ3v) is 9.55. The molecular formula is C40H37ClN6O6. The van der Waals surface area contributed by atoms with Gasteiger partial charge >= 0.3 is 12.2 Å². The minimum atomic E-state index is -1.56. The number of halogens is 1. The first kappa shape index (κ1) is 35.6. The zero-order valence-corrected chi connectivity index (χ0v) is 29.2. The zero-order chi connectivity index (χ0) is 36.7. The zero-order valence-electron chi connectivity index (χ0n) is 28.5. The maximum absolute atomic E-state index is 13.6. The number of anilines is 1. The number of hydrogen-bond acceptors (Lipinski definition) is 10. The van der Waals surface area contributed by atoms with Crippen LogP contribution in [-0.2, 0) is 22.7 Å². The van der Waals surface area contributed by atoms with Crippen LogP contribution in [-0.4, -0.2) is 71.6 Å². The van der Waals surface area contributed by atoms with E-state index in [2.05, 4.69) is 44.5 Å². The average molecular weight is 733 g/mol. The van der Waals surface area contributed by atoms with Gasteiger partial charge in [-0.25, -0.2) is 19.5 Å². The first-order chi connectivity index (χ1) is 25.9. The summed E-state index contributed by atoms with van der Waals surface area (Å²) in [6.07, 6.45) is -3.64. The Morgan fingerprint density at radius 2 is 1.28 bits per heavy atom. The Morgan fingerprint density at radius 3 is 1.81 bits per heavy atom. The van der Waals surface area contributed by atoms with Crippen molar-refractivity contribution in [1.29, 1.82) is 0 Å². The number of hydrogen-bond donors (Lipinski definition) is 3. The van der Waals surface area contributed by atoms with Crippen molar-refractivity contribution in [3.63, 3.8) is 0 Å². The summed E-state index contributed by atoms with van der Waals surface area (Å²) in [5.74, 6) is 0.362. The number of fused-ring (bicyclic) bond motifs is 1. The van der Waals surface area contributed by atoms with Crippen molar-refractivity contribution >= 4 is 40.8 Å². The maximum Gasteiger partial charge on any atom is 0.419 e. The van der Waals surface area contributed by atoms with Crippen LogP contribution in [0.1, 0.15) is 40.6 Å². The van der Waals surface area contributed by atoms with E-state index in [9.17, 15) is 19.8 Å². The second-order valence-corrected chi connectivity index (χ2v) is 13.1. The van der Waals surface area contributed by atoms with Gasteiger partial charge in [-0.05, 0) is 40.3 Å². The number of nitrogens with zero attached hydrogens (tertiary/aromatic N) is 5. The summed E-state index contributed by atoms with van der Waals surface area (Å²) in [5.41, 5.74) is 4.31. The van der Waals surface area contributed by atoms with Crippen LogP contribution in [0.15, 0.2) is 128 Å². The van der Waals surface area contributed by atoms with Gasteiger partial charge in [0.25, 0.3) is 0 Å². The normalized spacial score (nSPS) is 18.2. The fourth-order valence-electron chi connectivity index (χ4n) is 6.69. The molecule has 0 spiro atoms. The fourth-order valence-corrected chi connectivity index (χ4v) is 6.86. The molecule has 1 aliphatic rings. The number of ether oxygens (including phenoxy) is 2. The monoisotopic (exact) mass is 732 g/mol. The number of aliphatic hydroxyl groups is 2. The van der Waals surface area contributed by atoms with Crippen molar-refractivity contribution in [3.8, 4) is 0 Å². The van der Waals surface area contributed by atoms with E-state index in [0.29, 0.717) is 34.7 Å². The van der Waals surface area contributed by atoms with E-state index in [0.717, 1.165) is 16.0 Å². The molecule has 0 aliphatic heterocycles. The number of imidazole rings is 1. The highest BCUT2D eigenvalue weighted by Crippen LogP contribution is 2.37. The van der Waals surface area contributed by atoms with Crippen molar-refractivity contribution < 1.29 is 29.3 Å². The third kappa shape index (κ3) is 8.00. The van der Waals surface area contributed by atoms with Gasteiger partial charge in [-0.1, -0.05) is 121 Å². The molecule has 0 unspecified atom stereocenters. The highest BCUT2D eigenvalue weighted by molar-refractivity contribution is 6.28. The molecule has 7 rings (SSSR count). The quantitative estimate of drug-likeness (QED) is 0.122. The van der Waals surface area contributed by atoms with Crippen LogP contribution in [0.4, 0.5) is 15.4 Å². The Hall–Kier alpha value is -5.82. The summed E-state index contributed by atoms with van der Waals surface area (Å²) >= 11 is 6.46. The number of aromatic nitrogens is 4. The molecule has 270 valence electrons. The first-order valence-electron chi connectivity index (χ1n) is 17.2. The summed E-state index contributed by atoms with van der Waals surface area (Å²) in [5, 5.41) is 26.2. The molecule has 1 aliphatic carbocycles. The molecule has 2 aromatic heterocycles. The molecule has 0 bridgehead atoms. The maximum atomic E-state index is 13.6. The molecule has 0 radical (unpaired) electrons. The molecule has 3 N–H and O–H groups in total. The van der Waals surface area contributed by atoms with Gasteiger partial charge in [0.1, 0.15) is 25.4 Å². The van der Waals surface area contributed by atoms with Crippen LogP contribution < -0.4 is 5.32 Å². The van der Waals surface area contributed by atoms with Crippen LogP contribution in [0.3, 0.4) is 0 Å². The lowest BCUT2D eigenvalue weighted by atomic mass is 9.91. The van der Waals surface area contributed by atoms with Crippen LogP contribution in [0, 0.1) is 0 Å².